The zero-order valence-corrected chi connectivity index (χ0v) is 24.6. The Bertz CT molecular complexity index is 1600. The first kappa shape index (κ1) is 30.9. The lowest BCUT2D eigenvalue weighted by molar-refractivity contribution is -0.122. The minimum absolute atomic E-state index is 0.0173. The van der Waals surface area contributed by atoms with Crippen molar-refractivity contribution >= 4 is 27.1 Å². The number of carbonyl (C=O) groups excluding carboxylic acids is 1. The number of amides is 1. The number of sulfone groups is 1. The highest BCUT2D eigenvalue weighted by atomic mass is 32.2. The third-order valence-electron chi connectivity index (χ3n) is 8.00. The highest BCUT2D eigenvalue weighted by Gasteiger charge is 2.53. The molecule has 2 saturated carbocycles. The van der Waals surface area contributed by atoms with Crippen LogP contribution in [0.15, 0.2) is 45.8 Å². The highest BCUT2D eigenvalue weighted by Crippen LogP contribution is 2.55. The first-order valence-electron chi connectivity index (χ1n) is 13.8. The van der Waals surface area contributed by atoms with E-state index in [1.54, 1.807) is 12.1 Å². The maximum Gasteiger partial charge on any atom is 0.405 e. The van der Waals surface area contributed by atoms with Crippen molar-refractivity contribution in [2.75, 3.05) is 29.1 Å². The highest BCUT2D eigenvalue weighted by molar-refractivity contribution is 7.91. The third-order valence-corrected chi connectivity index (χ3v) is 9.75. The summed E-state index contributed by atoms with van der Waals surface area (Å²) in [6, 6.07) is 8.38. The molecule has 0 unspecified atom stereocenters. The van der Waals surface area contributed by atoms with Gasteiger partial charge >= 0.3 is 6.18 Å². The van der Waals surface area contributed by atoms with E-state index in [4.69, 9.17) is 4.52 Å². The van der Waals surface area contributed by atoms with E-state index in [0.29, 0.717) is 11.5 Å². The predicted molar refractivity (Wildman–Crippen MR) is 148 cm³/mol. The number of halogens is 5. The van der Waals surface area contributed by atoms with Crippen LogP contribution in [0.1, 0.15) is 66.9 Å². The van der Waals surface area contributed by atoms with Crippen LogP contribution >= 0.6 is 0 Å². The van der Waals surface area contributed by atoms with Gasteiger partial charge in [0.05, 0.1) is 22.6 Å². The van der Waals surface area contributed by atoms with Crippen molar-refractivity contribution in [3.8, 4) is 0 Å². The summed E-state index contributed by atoms with van der Waals surface area (Å²) in [5.74, 6) is -3.39. The molecular formula is C29H31F5N4O4S. The van der Waals surface area contributed by atoms with E-state index in [-0.39, 0.29) is 35.1 Å². The van der Waals surface area contributed by atoms with Gasteiger partial charge in [0.25, 0.3) is 0 Å². The van der Waals surface area contributed by atoms with Gasteiger partial charge in [-0.05, 0) is 79.8 Å². The van der Waals surface area contributed by atoms with Crippen molar-refractivity contribution < 1.29 is 39.7 Å². The Morgan fingerprint density at radius 3 is 2.21 bits per heavy atom. The van der Waals surface area contributed by atoms with E-state index in [1.165, 1.54) is 31.2 Å². The zero-order valence-electron chi connectivity index (χ0n) is 23.8. The van der Waals surface area contributed by atoms with Gasteiger partial charge in [0.2, 0.25) is 17.7 Å². The van der Waals surface area contributed by atoms with Crippen LogP contribution in [0.25, 0.3) is 0 Å². The van der Waals surface area contributed by atoms with Crippen molar-refractivity contribution in [2.24, 2.45) is 0 Å². The normalized spacial score (nSPS) is 17.8. The van der Waals surface area contributed by atoms with Crippen molar-refractivity contribution in [3.05, 3.63) is 64.8 Å². The lowest BCUT2D eigenvalue weighted by Gasteiger charge is -2.32. The molecule has 2 aromatic carbocycles. The summed E-state index contributed by atoms with van der Waals surface area (Å²) in [6.07, 6.45) is -3.80. The molecule has 1 N–H and O–H groups in total. The predicted octanol–water partition coefficient (Wildman–Crippen LogP) is 6.08. The fourth-order valence-corrected chi connectivity index (χ4v) is 6.68. The van der Waals surface area contributed by atoms with Crippen molar-refractivity contribution in [3.63, 3.8) is 0 Å². The maximum atomic E-state index is 13.4. The molecule has 232 valence electrons. The molecule has 0 bridgehead atoms. The number of aromatic nitrogens is 2. The number of anilines is 2. The minimum atomic E-state index is -4.61. The molecule has 1 heterocycles. The fraction of sp³-hybridized carbons (Fsp3) is 0.483. The Hall–Kier alpha value is -3.55. The average molecular weight is 627 g/mol. The number of alkyl halides is 5. The van der Waals surface area contributed by atoms with Crippen LogP contribution in [0.5, 0.6) is 0 Å². The Balaban J connectivity index is 1.31. The number of rotatable bonds is 10. The SMILES string of the molecule is CCS(=O)(=O)c1ccc(N(CC(=O)Nc2cc(C)c(C3(c4noc(C5CC(F)(F)C5)n4)CC3)c(C)c2)CC(F)(F)F)cc1. The van der Waals surface area contributed by atoms with E-state index in [1.807, 2.05) is 13.8 Å². The van der Waals surface area contributed by atoms with Crippen LogP contribution in [0.4, 0.5) is 33.3 Å². The summed E-state index contributed by atoms with van der Waals surface area (Å²) in [7, 11) is -3.54. The van der Waals surface area contributed by atoms with E-state index >= 15 is 0 Å². The number of nitrogens with one attached hydrogen (secondary N) is 1. The van der Waals surface area contributed by atoms with Crippen LogP contribution in [-0.2, 0) is 20.0 Å². The van der Waals surface area contributed by atoms with Crippen LogP contribution in [0, 0.1) is 13.8 Å². The molecule has 1 amide bonds. The number of nitrogens with zero attached hydrogens (tertiary/aromatic N) is 3. The smallest absolute Gasteiger partial charge is 0.353 e. The van der Waals surface area contributed by atoms with Crippen molar-refractivity contribution in [1.29, 1.82) is 0 Å². The topological polar surface area (TPSA) is 105 Å². The maximum absolute atomic E-state index is 13.4. The van der Waals surface area contributed by atoms with Gasteiger partial charge in [-0.25, -0.2) is 17.2 Å². The molecule has 3 aromatic rings. The summed E-state index contributed by atoms with van der Waals surface area (Å²) >= 11 is 0. The van der Waals surface area contributed by atoms with Crippen LogP contribution < -0.4 is 10.2 Å². The lowest BCUT2D eigenvalue weighted by atomic mass is 9.81. The second-order valence-electron chi connectivity index (χ2n) is 11.4. The van der Waals surface area contributed by atoms with E-state index in [0.717, 1.165) is 34.4 Å². The Morgan fingerprint density at radius 1 is 1.09 bits per heavy atom. The van der Waals surface area contributed by atoms with Gasteiger partial charge in [-0.15, -0.1) is 0 Å². The van der Waals surface area contributed by atoms with Gasteiger partial charge < -0.3 is 14.7 Å². The lowest BCUT2D eigenvalue weighted by Crippen LogP contribution is -2.39. The molecule has 2 fully saturated rings. The molecule has 0 radical (unpaired) electrons. The number of aryl methyl sites for hydroxylation is 2. The molecule has 14 heteroatoms. The molecule has 0 atom stereocenters. The number of hydrogen-bond donors (Lipinski definition) is 1. The molecule has 8 nitrogen and oxygen atoms in total. The summed E-state index contributed by atoms with van der Waals surface area (Å²) < 4.78 is 96.3. The molecular weight excluding hydrogens is 595 g/mol. The molecule has 1 aromatic heterocycles. The van der Waals surface area contributed by atoms with Gasteiger partial charge in [-0.1, -0.05) is 12.1 Å². The molecule has 43 heavy (non-hydrogen) atoms. The third kappa shape index (κ3) is 6.53. The van der Waals surface area contributed by atoms with Crippen molar-refractivity contribution in [1.82, 2.24) is 10.1 Å². The van der Waals surface area contributed by atoms with E-state index in [2.05, 4.69) is 15.5 Å². The monoisotopic (exact) mass is 626 g/mol. The quantitative estimate of drug-likeness (QED) is 0.272. The van der Waals surface area contributed by atoms with Crippen LogP contribution in [0.2, 0.25) is 0 Å². The number of hydrogen-bond acceptors (Lipinski definition) is 7. The first-order chi connectivity index (χ1) is 20.0. The number of benzene rings is 2. The molecule has 2 aliphatic carbocycles. The minimum Gasteiger partial charge on any atom is -0.353 e. The summed E-state index contributed by atoms with van der Waals surface area (Å²) in [6.45, 7) is 3.10. The first-order valence-corrected chi connectivity index (χ1v) is 15.5. The summed E-state index contributed by atoms with van der Waals surface area (Å²) in [5.41, 5.74) is 2.43. The van der Waals surface area contributed by atoms with Gasteiger partial charge in [-0.3, -0.25) is 4.79 Å². The van der Waals surface area contributed by atoms with E-state index < -0.39 is 52.3 Å². The number of carbonyl (C=O) groups is 1. The second kappa shape index (κ2) is 10.9. The Labute approximate surface area is 245 Å². The summed E-state index contributed by atoms with van der Waals surface area (Å²) in [4.78, 5) is 18.2. The molecule has 0 aliphatic heterocycles. The fourth-order valence-electron chi connectivity index (χ4n) is 5.79. The zero-order chi connectivity index (χ0) is 31.4. The van der Waals surface area contributed by atoms with Crippen LogP contribution in [-0.4, -0.2) is 55.4 Å². The Kier molecular flexibility index (Phi) is 7.81. The molecule has 5 rings (SSSR count). The van der Waals surface area contributed by atoms with Crippen LogP contribution in [0.3, 0.4) is 0 Å². The average Bonchev–Trinajstić information content (AvgIpc) is 3.52. The molecule has 0 saturated heterocycles. The largest absolute Gasteiger partial charge is 0.405 e. The molecule has 2 aliphatic rings. The van der Waals surface area contributed by atoms with Gasteiger partial charge in [0.15, 0.2) is 15.7 Å². The van der Waals surface area contributed by atoms with Gasteiger partial charge in [0.1, 0.15) is 6.54 Å². The van der Waals surface area contributed by atoms with Gasteiger partial charge in [0, 0.05) is 30.1 Å². The van der Waals surface area contributed by atoms with Gasteiger partial charge in [-0.2, -0.15) is 18.2 Å². The summed E-state index contributed by atoms with van der Waals surface area (Å²) in [5, 5.41) is 6.78. The van der Waals surface area contributed by atoms with E-state index in [9.17, 15) is 35.2 Å². The second-order valence-corrected chi connectivity index (χ2v) is 13.7. The molecule has 0 spiro atoms. The Morgan fingerprint density at radius 2 is 1.70 bits per heavy atom. The van der Waals surface area contributed by atoms with Crippen molar-refractivity contribution in [2.45, 2.75) is 74.8 Å². The standard InChI is InChI=1S/C29H31F5N4O4S/c1-4-43(40,41)22-7-5-21(6-8-22)38(16-29(32,33)34)15-23(39)35-20-11-17(2)24(18(3)12-20)27(9-10-27)26-36-25(42-37-26)19-13-28(30,31)14-19/h5-8,11-12,19H,4,9-10,13-16H2,1-3H3,(H,35,39).